The predicted molar refractivity (Wildman–Crippen MR) is 199 cm³/mol. The molecule has 54 heavy (non-hydrogen) atoms. The third-order valence-electron chi connectivity index (χ3n) is 9.74. The molecule has 5 amide bonds. The molecule has 14 nitrogen and oxygen atoms in total. The fourth-order valence-corrected chi connectivity index (χ4v) is 6.55. The van der Waals surface area contributed by atoms with E-state index in [1.807, 2.05) is 13.8 Å². The van der Waals surface area contributed by atoms with Crippen LogP contribution in [0.2, 0.25) is 0 Å². The van der Waals surface area contributed by atoms with Crippen molar-refractivity contribution in [3.05, 3.63) is 35.9 Å². The largest absolute Gasteiger partial charge is 0.458 e. The van der Waals surface area contributed by atoms with E-state index in [4.69, 9.17) is 9.47 Å². The molecule has 0 spiro atoms. The van der Waals surface area contributed by atoms with Gasteiger partial charge in [0.15, 0.2) is 6.04 Å². The van der Waals surface area contributed by atoms with Gasteiger partial charge in [-0.25, -0.2) is 9.59 Å². The summed E-state index contributed by atoms with van der Waals surface area (Å²) in [6.07, 6.45) is 7.79. The summed E-state index contributed by atoms with van der Waals surface area (Å²) in [7, 11) is 0. The van der Waals surface area contributed by atoms with Crippen LogP contribution in [0.1, 0.15) is 117 Å². The molecule has 3 fully saturated rings. The number of esters is 1. The van der Waals surface area contributed by atoms with E-state index in [2.05, 4.69) is 26.6 Å². The van der Waals surface area contributed by atoms with Crippen molar-refractivity contribution in [3.8, 4) is 0 Å². The van der Waals surface area contributed by atoms with E-state index in [1.54, 1.807) is 51.1 Å². The van der Waals surface area contributed by atoms with Gasteiger partial charge in [-0.2, -0.15) is 0 Å². The van der Waals surface area contributed by atoms with Gasteiger partial charge < -0.3 is 36.1 Å². The maximum absolute atomic E-state index is 13.8. The number of ketones is 1. The molecule has 4 unspecified atom stereocenters. The Hall–Kier alpha value is -4.49. The number of benzene rings is 1. The number of nitrogens with one attached hydrogen (secondary N) is 5. The first kappa shape index (κ1) is 42.3. The second-order valence-electron chi connectivity index (χ2n) is 16.5. The fourth-order valence-electron chi connectivity index (χ4n) is 6.55. The first-order chi connectivity index (χ1) is 25.6. The van der Waals surface area contributed by atoms with Gasteiger partial charge in [0, 0.05) is 0 Å². The monoisotopic (exact) mass is 753 g/mol. The van der Waals surface area contributed by atoms with E-state index >= 15 is 0 Å². The number of Topliss-reactive ketones (excluding diaryl/α,β-unsaturated/α-hetero) is 1. The van der Waals surface area contributed by atoms with Crippen molar-refractivity contribution in [1.29, 1.82) is 0 Å². The molecule has 1 aromatic rings. The molecule has 0 bridgehead atoms. The highest BCUT2D eigenvalue weighted by Crippen LogP contribution is 2.35. The molecule has 4 atom stereocenters. The van der Waals surface area contributed by atoms with Gasteiger partial charge in [-0.05, 0) is 75.7 Å². The number of hydrogen-bond donors (Lipinski definition) is 5. The SMILES string of the molecule is CC(C)COC(=O)NC(C(=O)NC(CC1CC1)C(=O)NC(CC1CC1)C(=O)C(=O)NCC(=O)NC(C(=O)OC(C)(C)C)c1ccccc1)C1CCCCC1. The van der Waals surface area contributed by atoms with Crippen molar-refractivity contribution in [2.24, 2.45) is 23.7 Å². The van der Waals surface area contributed by atoms with E-state index in [-0.39, 0.29) is 36.7 Å². The summed E-state index contributed by atoms with van der Waals surface area (Å²) >= 11 is 0. The Balaban J connectivity index is 1.40. The normalized spacial score (nSPS) is 18.3. The molecular weight excluding hydrogens is 694 g/mol. The summed E-state index contributed by atoms with van der Waals surface area (Å²) in [5.74, 6) is -4.10. The summed E-state index contributed by atoms with van der Waals surface area (Å²) in [6, 6.07) is 4.31. The number of alkyl carbamates (subject to hydrolysis) is 1. The zero-order valence-corrected chi connectivity index (χ0v) is 32.4. The molecule has 5 N–H and O–H groups in total. The Morgan fingerprint density at radius 3 is 1.91 bits per heavy atom. The highest BCUT2D eigenvalue weighted by atomic mass is 16.6. The molecule has 3 saturated carbocycles. The Bertz CT molecular complexity index is 1480. The topological polar surface area (TPSA) is 198 Å². The van der Waals surface area contributed by atoms with Gasteiger partial charge in [0.2, 0.25) is 23.5 Å². The van der Waals surface area contributed by atoms with Gasteiger partial charge in [-0.3, -0.25) is 24.0 Å². The van der Waals surface area contributed by atoms with Gasteiger partial charge >= 0.3 is 12.1 Å². The summed E-state index contributed by atoms with van der Waals surface area (Å²) in [5, 5.41) is 13.3. The average molecular weight is 754 g/mol. The molecule has 4 rings (SSSR count). The zero-order valence-electron chi connectivity index (χ0n) is 32.4. The summed E-state index contributed by atoms with van der Waals surface area (Å²) in [6.45, 7) is 8.55. The fraction of sp³-hybridized carbons (Fsp3) is 0.675. The van der Waals surface area contributed by atoms with Crippen LogP contribution in [0.4, 0.5) is 4.79 Å². The second kappa shape index (κ2) is 19.7. The first-order valence-corrected chi connectivity index (χ1v) is 19.5. The molecule has 3 aliphatic rings. The van der Waals surface area contributed by atoms with Crippen molar-refractivity contribution in [3.63, 3.8) is 0 Å². The summed E-state index contributed by atoms with van der Waals surface area (Å²) < 4.78 is 10.8. The Morgan fingerprint density at radius 1 is 0.741 bits per heavy atom. The Labute approximate surface area is 318 Å². The Morgan fingerprint density at radius 2 is 1.33 bits per heavy atom. The molecule has 0 aromatic heterocycles. The van der Waals surface area contributed by atoms with Crippen molar-refractivity contribution in [2.75, 3.05) is 13.2 Å². The number of amides is 5. The van der Waals surface area contributed by atoms with Gasteiger partial charge in [0.05, 0.1) is 19.2 Å². The number of carbonyl (C=O) groups is 7. The van der Waals surface area contributed by atoms with Gasteiger partial charge in [0.1, 0.15) is 17.7 Å². The number of carbonyl (C=O) groups excluding carboxylic acids is 7. The van der Waals surface area contributed by atoms with Crippen molar-refractivity contribution >= 4 is 41.5 Å². The van der Waals surface area contributed by atoms with Gasteiger partial charge in [-0.15, -0.1) is 0 Å². The predicted octanol–water partition coefficient (Wildman–Crippen LogP) is 3.77. The lowest BCUT2D eigenvalue weighted by molar-refractivity contribution is -0.158. The van der Waals surface area contributed by atoms with E-state index in [1.165, 1.54) is 0 Å². The van der Waals surface area contributed by atoms with Crippen LogP contribution in [0.15, 0.2) is 30.3 Å². The van der Waals surface area contributed by atoms with Crippen LogP contribution in [0.25, 0.3) is 0 Å². The highest BCUT2D eigenvalue weighted by molar-refractivity contribution is 6.38. The maximum atomic E-state index is 13.8. The minimum atomic E-state index is -1.18. The smallest absolute Gasteiger partial charge is 0.407 e. The molecule has 3 aliphatic carbocycles. The second-order valence-corrected chi connectivity index (χ2v) is 16.5. The highest BCUT2D eigenvalue weighted by Gasteiger charge is 2.39. The minimum Gasteiger partial charge on any atom is -0.458 e. The summed E-state index contributed by atoms with van der Waals surface area (Å²) in [5.41, 5.74) is -0.332. The van der Waals surface area contributed by atoms with Crippen LogP contribution < -0.4 is 26.6 Å². The van der Waals surface area contributed by atoms with E-state index in [0.29, 0.717) is 12.0 Å². The molecule has 14 heteroatoms. The quantitative estimate of drug-likeness (QED) is 0.103. The molecule has 0 saturated heterocycles. The van der Waals surface area contributed by atoms with E-state index in [9.17, 15) is 33.6 Å². The lowest BCUT2D eigenvalue weighted by atomic mass is 9.83. The Kier molecular flexibility index (Phi) is 15.4. The number of ether oxygens (including phenoxy) is 2. The van der Waals surface area contributed by atoms with Crippen molar-refractivity contribution in [1.82, 2.24) is 26.6 Å². The van der Waals surface area contributed by atoms with E-state index < -0.39 is 77.8 Å². The first-order valence-electron chi connectivity index (χ1n) is 19.5. The molecule has 1 aromatic carbocycles. The van der Waals surface area contributed by atoms with Crippen LogP contribution >= 0.6 is 0 Å². The van der Waals surface area contributed by atoms with Crippen molar-refractivity contribution < 1.29 is 43.0 Å². The van der Waals surface area contributed by atoms with E-state index in [0.717, 1.165) is 57.8 Å². The molecular formula is C40H59N5O9. The zero-order chi connectivity index (χ0) is 39.4. The number of hydrogen-bond acceptors (Lipinski definition) is 9. The van der Waals surface area contributed by atoms with Crippen LogP contribution in [0, 0.1) is 23.7 Å². The van der Waals surface area contributed by atoms with Crippen LogP contribution in [-0.4, -0.2) is 78.4 Å². The maximum Gasteiger partial charge on any atom is 0.407 e. The molecule has 0 heterocycles. The lowest BCUT2D eigenvalue weighted by Gasteiger charge is -2.31. The minimum absolute atomic E-state index is 0.117. The van der Waals surface area contributed by atoms with Gasteiger partial charge in [0.25, 0.3) is 5.91 Å². The van der Waals surface area contributed by atoms with Crippen LogP contribution in [-0.2, 0) is 38.2 Å². The molecule has 0 aliphatic heterocycles. The standard InChI is InChI=1S/C40H59N5O9/c1-24(2)23-53-39(52)45-32(27-12-8-6-9-13-27)36(49)43-30(21-26-18-19-26)35(48)42-29(20-25-16-17-25)34(47)37(50)41-22-31(46)44-33(28-14-10-7-11-15-28)38(51)54-40(3,4)5/h7,10-11,14-15,24-27,29-30,32-33H,6,8-9,12-13,16-23H2,1-5H3,(H,41,50)(H,42,48)(H,43,49)(H,44,46)(H,45,52). The van der Waals surface area contributed by atoms with Crippen LogP contribution in [0.5, 0.6) is 0 Å². The average Bonchev–Trinajstić information content (AvgIpc) is 4.07. The molecule has 298 valence electrons. The number of rotatable bonds is 19. The van der Waals surface area contributed by atoms with Crippen molar-refractivity contribution in [2.45, 2.75) is 135 Å². The van der Waals surface area contributed by atoms with Crippen LogP contribution in [0.3, 0.4) is 0 Å². The van der Waals surface area contributed by atoms with Gasteiger partial charge in [-0.1, -0.05) is 89.1 Å². The third-order valence-corrected chi connectivity index (χ3v) is 9.74. The summed E-state index contributed by atoms with van der Waals surface area (Å²) in [4.78, 5) is 92.9. The lowest BCUT2D eigenvalue weighted by Crippen LogP contribution is -2.58. The molecule has 0 radical (unpaired) electrons. The third kappa shape index (κ3) is 14.4.